The van der Waals surface area contributed by atoms with Crippen LogP contribution in [0.2, 0.25) is 5.02 Å². The summed E-state index contributed by atoms with van der Waals surface area (Å²) in [6.45, 7) is 6.32. The molecule has 146 valence electrons. The molecule has 2 aromatic rings. The molecular weight excluding hydrogens is 368 g/mol. The second-order valence-electron chi connectivity index (χ2n) is 7.26. The smallest absolute Gasteiger partial charge is 0.306 e. The van der Waals surface area contributed by atoms with Crippen LogP contribution in [0.4, 0.5) is 0 Å². The molecule has 1 atom stereocenters. The molecule has 1 heterocycles. The first-order valence-corrected chi connectivity index (χ1v) is 9.19. The fourth-order valence-electron chi connectivity index (χ4n) is 2.30. The van der Waals surface area contributed by atoms with Gasteiger partial charge in [-0.05, 0) is 24.1 Å². The molecule has 0 saturated carbocycles. The first-order chi connectivity index (χ1) is 12.8. The number of amides is 1. The van der Waals surface area contributed by atoms with E-state index in [0.29, 0.717) is 24.5 Å². The van der Waals surface area contributed by atoms with Gasteiger partial charge in [0.1, 0.15) is 18.8 Å². The lowest BCUT2D eigenvalue weighted by atomic mass is 9.96. The van der Waals surface area contributed by atoms with Crippen LogP contribution in [0, 0.1) is 5.41 Å². The molecule has 0 spiro atoms. The highest BCUT2D eigenvalue weighted by Gasteiger charge is 2.21. The van der Waals surface area contributed by atoms with Gasteiger partial charge >= 0.3 is 5.97 Å². The van der Waals surface area contributed by atoms with Crippen molar-refractivity contribution in [2.24, 2.45) is 5.41 Å². The fourth-order valence-corrected chi connectivity index (χ4v) is 2.43. The van der Waals surface area contributed by atoms with E-state index in [-0.39, 0.29) is 18.3 Å². The van der Waals surface area contributed by atoms with E-state index < -0.39 is 11.5 Å². The lowest BCUT2D eigenvalue weighted by Crippen LogP contribution is -2.35. The van der Waals surface area contributed by atoms with E-state index >= 15 is 0 Å². The highest BCUT2D eigenvalue weighted by Crippen LogP contribution is 2.22. The average molecular weight is 393 g/mol. The molecule has 8 heteroatoms. The van der Waals surface area contributed by atoms with E-state index in [1.165, 1.54) is 6.33 Å². The van der Waals surface area contributed by atoms with Gasteiger partial charge in [0, 0.05) is 23.4 Å². The maximum Gasteiger partial charge on any atom is 0.306 e. The predicted octanol–water partition coefficient (Wildman–Crippen LogP) is 3.16. The molecule has 1 aromatic heterocycles. The van der Waals surface area contributed by atoms with E-state index in [1.807, 2.05) is 32.9 Å². The van der Waals surface area contributed by atoms with E-state index in [0.717, 1.165) is 5.56 Å². The Morgan fingerprint density at radius 2 is 1.96 bits per heavy atom. The molecule has 1 aromatic carbocycles. The number of halogens is 1. The molecule has 2 rings (SSSR count). The molecule has 0 aliphatic heterocycles. The first-order valence-electron chi connectivity index (χ1n) is 8.81. The van der Waals surface area contributed by atoms with E-state index in [1.54, 1.807) is 23.1 Å². The number of carbonyl (C=O) groups is 2. The summed E-state index contributed by atoms with van der Waals surface area (Å²) in [4.78, 5) is 28.0. The van der Waals surface area contributed by atoms with Crippen LogP contribution in [0.25, 0.3) is 0 Å². The van der Waals surface area contributed by atoms with Crippen molar-refractivity contribution in [1.29, 1.82) is 0 Å². The lowest BCUT2D eigenvalue weighted by Gasteiger charge is -2.19. The van der Waals surface area contributed by atoms with Crippen molar-refractivity contribution in [3.05, 3.63) is 47.5 Å². The number of hydrogen-bond acceptors (Lipinski definition) is 5. The van der Waals surface area contributed by atoms with Crippen LogP contribution in [0.3, 0.4) is 0 Å². The number of nitrogens with zero attached hydrogens (tertiary/aromatic N) is 3. The van der Waals surface area contributed by atoms with E-state index in [4.69, 9.17) is 16.3 Å². The van der Waals surface area contributed by atoms with Gasteiger partial charge in [0.05, 0.1) is 6.54 Å². The lowest BCUT2D eigenvalue weighted by molar-refractivity contribution is -0.150. The molecule has 27 heavy (non-hydrogen) atoms. The molecular formula is C19H25ClN4O3. The van der Waals surface area contributed by atoms with Crippen LogP contribution in [0.15, 0.2) is 36.9 Å². The Balaban J connectivity index is 1.89. The quantitative estimate of drug-likeness (QED) is 0.550. The minimum atomic E-state index is -0.499. The summed E-state index contributed by atoms with van der Waals surface area (Å²) in [6, 6.07) is 7.14. The highest BCUT2D eigenvalue weighted by molar-refractivity contribution is 6.30. The number of carbonyl (C=O) groups excluding carboxylic acids is 2. The Hall–Kier alpha value is -2.41. The summed E-state index contributed by atoms with van der Waals surface area (Å²) >= 11 is 5.94. The molecule has 0 fully saturated rings. The van der Waals surface area contributed by atoms with Crippen molar-refractivity contribution in [2.45, 2.75) is 46.3 Å². The van der Waals surface area contributed by atoms with Gasteiger partial charge in [0.2, 0.25) is 5.91 Å². The number of aromatic nitrogens is 3. The summed E-state index contributed by atoms with van der Waals surface area (Å²) in [5, 5.41) is 7.50. The molecule has 7 nitrogen and oxygen atoms in total. The highest BCUT2D eigenvalue weighted by atomic mass is 35.5. The van der Waals surface area contributed by atoms with Gasteiger partial charge < -0.3 is 10.1 Å². The largest absolute Gasteiger partial charge is 0.455 e. The monoisotopic (exact) mass is 392 g/mol. The van der Waals surface area contributed by atoms with Crippen molar-refractivity contribution in [1.82, 2.24) is 20.1 Å². The fraction of sp³-hybridized carbons (Fsp3) is 0.474. The predicted molar refractivity (Wildman–Crippen MR) is 102 cm³/mol. The summed E-state index contributed by atoms with van der Waals surface area (Å²) in [6.07, 6.45) is 3.22. The number of hydrogen-bond donors (Lipinski definition) is 1. The van der Waals surface area contributed by atoms with Crippen LogP contribution in [-0.2, 0) is 20.9 Å². The molecule has 0 saturated heterocycles. The topological polar surface area (TPSA) is 86.1 Å². The first kappa shape index (κ1) is 20.9. The molecule has 1 amide bonds. The zero-order valence-corrected chi connectivity index (χ0v) is 16.6. The van der Waals surface area contributed by atoms with Gasteiger partial charge in [-0.3, -0.25) is 9.59 Å². The van der Waals surface area contributed by atoms with Crippen LogP contribution in [-0.4, -0.2) is 33.2 Å². The van der Waals surface area contributed by atoms with Crippen LogP contribution in [0.5, 0.6) is 0 Å². The summed E-state index contributed by atoms with van der Waals surface area (Å²) < 4.78 is 7.25. The van der Waals surface area contributed by atoms with E-state index in [9.17, 15) is 9.59 Å². The summed E-state index contributed by atoms with van der Waals surface area (Å²) in [5.41, 5.74) is 0.377. The zero-order valence-electron chi connectivity index (χ0n) is 15.8. The van der Waals surface area contributed by atoms with Gasteiger partial charge in [0.25, 0.3) is 0 Å². The van der Waals surface area contributed by atoms with Crippen molar-refractivity contribution >= 4 is 23.5 Å². The number of benzene rings is 1. The SMILES string of the molecule is CC(C)(C)C(=O)NCCCC(=O)OC(Cn1cncn1)c1ccc(Cl)cc1. The minimum Gasteiger partial charge on any atom is -0.455 e. The minimum absolute atomic E-state index is 0.0407. The van der Waals surface area contributed by atoms with Crippen LogP contribution >= 0.6 is 11.6 Å². The summed E-state index contributed by atoms with van der Waals surface area (Å²) in [5.74, 6) is -0.374. The number of nitrogens with one attached hydrogen (secondary N) is 1. The molecule has 1 unspecified atom stereocenters. The van der Waals surface area contributed by atoms with Crippen LogP contribution < -0.4 is 5.32 Å². The Kier molecular flexibility index (Phi) is 7.36. The Labute approximate surface area is 164 Å². The zero-order chi connectivity index (χ0) is 19.9. The molecule has 0 aliphatic carbocycles. The molecule has 0 bridgehead atoms. The van der Waals surface area contributed by atoms with Crippen molar-refractivity contribution in [3.63, 3.8) is 0 Å². The molecule has 0 radical (unpaired) electrons. The van der Waals surface area contributed by atoms with Gasteiger partial charge in [-0.2, -0.15) is 5.10 Å². The van der Waals surface area contributed by atoms with Crippen LogP contribution in [0.1, 0.15) is 45.3 Å². The Morgan fingerprint density at radius 1 is 1.26 bits per heavy atom. The Morgan fingerprint density at radius 3 is 2.56 bits per heavy atom. The van der Waals surface area contributed by atoms with Crippen molar-refractivity contribution in [3.8, 4) is 0 Å². The molecule has 0 aliphatic rings. The average Bonchev–Trinajstić information content (AvgIpc) is 3.11. The third kappa shape index (κ3) is 7.02. The van der Waals surface area contributed by atoms with Gasteiger partial charge in [-0.15, -0.1) is 0 Å². The third-order valence-corrected chi connectivity index (χ3v) is 4.11. The maximum absolute atomic E-state index is 12.3. The van der Waals surface area contributed by atoms with Crippen molar-refractivity contribution in [2.75, 3.05) is 6.54 Å². The summed E-state index contributed by atoms with van der Waals surface area (Å²) in [7, 11) is 0. The number of esters is 1. The standard InChI is InChI=1S/C19H25ClN4O3/c1-19(2,3)18(26)22-10-4-5-17(25)27-16(11-24-13-21-12-23-24)14-6-8-15(20)9-7-14/h6-9,12-13,16H,4-5,10-11H2,1-3H3,(H,22,26). The normalized spacial score (nSPS) is 12.4. The van der Waals surface area contributed by atoms with Gasteiger partial charge in [0.15, 0.2) is 0 Å². The maximum atomic E-state index is 12.3. The Bertz CT molecular complexity index is 739. The third-order valence-electron chi connectivity index (χ3n) is 3.86. The van der Waals surface area contributed by atoms with Gasteiger partial charge in [-0.1, -0.05) is 44.5 Å². The second-order valence-corrected chi connectivity index (χ2v) is 7.69. The second kappa shape index (κ2) is 9.50. The molecule has 1 N–H and O–H groups in total. The number of ether oxygens (including phenoxy) is 1. The van der Waals surface area contributed by atoms with Gasteiger partial charge in [-0.25, -0.2) is 9.67 Å². The number of rotatable bonds is 8. The van der Waals surface area contributed by atoms with E-state index in [2.05, 4.69) is 15.4 Å². The van der Waals surface area contributed by atoms with Crippen molar-refractivity contribution < 1.29 is 14.3 Å².